The number of rotatable bonds is 7. The Morgan fingerprint density at radius 2 is 1.93 bits per heavy atom. The quantitative estimate of drug-likeness (QED) is 0.786. The second-order valence-corrected chi connectivity index (χ2v) is 7.29. The van der Waals surface area contributed by atoms with E-state index in [1.807, 2.05) is 0 Å². The molecule has 0 atom stereocenters. The first-order chi connectivity index (χ1) is 13.5. The molecule has 1 aliphatic carbocycles. The van der Waals surface area contributed by atoms with E-state index in [0.717, 1.165) is 12.8 Å². The number of nitrogens with one attached hydrogen (secondary N) is 1. The van der Waals surface area contributed by atoms with Gasteiger partial charge in [-0.25, -0.2) is 0 Å². The molecule has 1 saturated carbocycles. The normalized spacial score (nSPS) is 14.5. The maximum absolute atomic E-state index is 13.1. The van der Waals surface area contributed by atoms with Gasteiger partial charge in [0.1, 0.15) is 18.1 Å². The van der Waals surface area contributed by atoms with Gasteiger partial charge >= 0.3 is 0 Å². The molecule has 2 amide bonds. The Morgan fingerprint density at radius 3 is 2.54 bits per heavy atom. The molecular weight excluding hydrogens is 358 g/mol. The molecule has 1 aliphatic rings. The Morgan fingerprint density at radius 1 is 1.21 bits per heavy atom. The molecule has 7 nitrogen and oxygen atoms in total. The maximum atomic E-state index is 13.1. The molecule has 1 aromatic carbocycles. The van der Waals surface area contributed by atoms with Crippen LogP contribution in [0.2, 0.25) is 0 Å². The van der Waals surface area contributed by atoms with Gasteiger partial charge in [-0.2, -0.15) is 0 Å². The van der Waals surface area contributed by atoms with Crippen molar-refractivity contribution in [2.24, 2.45) is 5.92 Å². The highest BCUT2D eigenvalue weighted by Gasteiger charge is 2.24. The standard InChI is InChI=1S/C21H27N3O4/c1-15-12-19(23-28-15)22-20(25)14-24(13-16-6-4-3-5-7-16)21(26)17-8-10-18(27-2)11-9-17/h8-12,16H,3-7,13-14H2,1-2H3,(H,22,23,25). The van der Waals surface area contributed by atoms with Crippen LogP contribution < -0.4 is 10.1 Å². The minimum atomic E-state index is -0.286. The van der Waals surface area contributed by atoms with E-state index in [9.17, 15) is 9.59 Å². The van der Waals surface area contributed by atoms with E-state index in [1.165, 1.54) is 19.3 Å². The van der Waals surface area contributed by atoms with Gasteiger partial charge in [0.05, 0.1) is 7.11 Å². The Labute approximate surface area is 165 Å². The number of benzene rings is 1. The molecule has 3 rings (SSSR count). The van der Waals surface area contributed by atoms with Gasteiger partial charge in [0.15, 0.2) is 5.82 Å². The third-order valence-corrected chi connectivity index (χ3v) is 5.06. The molecule has 0 aliphatic heterocycles. The van der Waals surface area contributed by atoms with Crippen molar-refractivity contribution >= 4 is 17.6 Å². The van der Waals surface area contributed by atoms with Crippen molar-refractivity contribution in [1.29, 1.82) is 0 Å². The van der Waals surface area contributed by atoms with Crippen LogP contribution in [0.5, 0.6) is 5.75 Å². The fourth-order valence-corrected chi connectivity index (χ4v) is 3.60. The van der Waals surface area contributed by atoms with Crippen LogP contribution in [0.3, 0.4) is 0 Å². The molecule has 2 aromatic rings. The van der Waals surface area contributed by atoms with E-state index in [0.29, 0.717) is 35.4 Å². The SMILES string of the molecule is COc1ccc(C(=O)N(CC(=O)Nc2cc(C)on2)CC2CCCCC2)cc1. The molecule has 0 bridgehead atoms. The van der Waals surface area contributed by atoms with E-state index >= 15 is 0 Å². The monoisotopic (exact) mass is 385 g/mol. The Kier molecular flexibility index (Phi) is 6.68. The molecule has 0 spiro atoms. The highest BCUT2D eigenvalue weighted by Crippen LogP contribution is 2.25. The van der Waals surface area contributed by atoms with Crippen LogP contribution in [-0.4, -0.2) is 42.1 Å². The minimum Gasteiger partial charge on any atom is -0.497 e. The minimum absolute atomic E-state index is 0.0206. The van der Waals surface area contributed by atoms with Crippen LogP contribution >= 0.6 is 0 Å². The number of anilines is 1. The van der Waals surface area contributed by atoms with Gasteiger partial charge in [-0.1, -0.05) is 24.4 Å². The molecule has 0 radical (unpaired) electrons. The molecular formula is C21H27N3O4. The van der Waals surface area contributed by atoms with E-state index in [-0.39, 0.29) is 18.4 Å². The number of hydrogen-bond acceptors (Lipinski definition) is 5. The summed E-state index contributed by atoms with van der Waals surface area (Å²) in [5.41, 5.74) is 0.543. The second kappa shape index (κ2) is 9.39. The third kappa shape index (κ3) is 5.34. The van der Waals surface area contributed by atoms with Gasteiger partial charge in [0.25, 0.3) is 5.91 Å². The van der Waals surface area contributed by atoms with Crippen LogP contribution in [0.4, 0.5) is 5.82 Å². The fraction of sp³-hybridized carbons (Fsp3) is 0.476. The first-order valence-electron chi connectivity index (χ1n) is 9.71. The second-order valence-electron chi connectivity index (χ2n) is 7.29. The number of aromatic nitrogens is 1. The van der Waals surface area contributed by atoms with Crippen molar-refractivity contribution in [2.75, 3.05) is 25.5 Å². The zero-order chi connectivity index (χ0) is 19.9. The number of methoxy groups -OCH3 is 1. The van der Waals surface area contributed by atoms with E-state index in [1.54, 1.807) is 49.3 Å². The highest BCUT2D eigenvalue weighted by molar-refractivity contribution is 5.99. The Balaban J connectivity index is 1.70. The van der Waals surface area contributed by atoms with Crippen LogP contribution in [-0.2, 0) is 4.79 Å². The maximum Gasteiger partial charge on any atom is 0.254 e. The number of nitrogens with zero attached hydrogens (tertiary/aromatic N) is 2. The average molecular weight is 385 g/mol. The zero-order valence-electron chi connectivity index (χ0n) is 16.4. The van der Waals surface area contributed by atoms with Crippen molar-refractivity contribution < 1.29 is 18.8 Å². The third-order valence-electron chi connectivity index (χ3n) is 5.06. The van der Waals surface area contributed by atoms with Crippen molar-refractivity contribution in [3.63, 3.8) is 0 Å². The Hall–Kier alpha value is -2.83. The topological polar surface area (TPSA) is 84.7 Å². The van der Waals surface area contributed by atoms with Gasteiger partial charge in [-0.3, -0.25) is 9.59 Å². The summed E-state index contributed by atoms with van der Waals surface area (Å²) in [5, 5.41) is 6.47. The van der Waals surface area contributed by atoms with E-state index in [2.05, 4.69) is 10.5 Å². The summed E-state index contributed by atoms with van der Waals surface area (Å²) >= 11 is 0. The summed E-state index contributed by atoms with van der Waals surface area (Å²) in [6, 6.07) is 8.62. The molecule has 1 N–H and O–H groups in total. The predicted molar refractivity (Wildman–Crippen MR) is 105 cm³/mol. The first-order valence-corrected chi connectivity index (χ1v) is 9.71. The molecule has 7 heteroatoms. The zero-order valence-corrected chi connectivity index (χ0v) is 16.4. The fourth-order valence-electron chi connectivity index (χ4n) is 3.60. The number of carbonyl (C=O) groups excluding carboxylic acids is 2. The van der Waals surface area contributed by atoms with Crippen LogP contribution in [0.15, 0.2) is 34.9 Å². The van der Waals surface area contributed by atoms with Crippen LogP contribution in [0.1, 0.15) is 48.2 Å². The smallest absolute Gasteiger partial charge is 0.254 e. The lowest BCUT2D eigenvalue weighted by atomic mass is 9.89. The summed E-state index contributed by atoms with van der Waals surface area (Å²) in [5.74, 6) is 1.65. The predicted octanol–water partition coefficient (Wildman–Crippen LogP) is 3.65. The van der Waals surface area contributed by atoms with Gasteiger partial charge in [-0.15, -0.1) is 0 Å². The number of hydrogen-bond donors (Lipinski definition) is 1. The average Bonchev–Trinajstić information content (AvgIpc) is 3.12. The highest BCUT2D eigenvalue weighted by atomic mass is 16.5. The summed E-state index contributed by atoms with van der Waals surface area (Å²) in [6.45, 7) is 2.31. The summed E-state index contributed by atoms with van der Waals surface area (Å²) in [4.78, 5) is 27.2. The van der Waals surface area contributed by atoms with Gasteiger partial charge in [-0.05, 0) is 49.9 Å². The molecule has 28 heavy (non-hydrogen) atoms. The van der Waals surface area contributed by atoms with E-state index in [4.69, 9.17) is 9.26 Å². The van der Waals surface area contributed by atoms with Crippen molar-refractivity contribution in [1.82, 2.24) is 10.1 Å². The summed E-state index contributed by atoms with van der Waals surface area (Å²) in [7, 11) is 1.59. The van der Waals surface area contributed by atoms with Gasteiger partial charge in [0.2, 0.25) is 5.91 Å². The van der Waals surface area contributed by atoms with E-state index < -0.39 is 0 Å². The summed E-state index contributed by atoms with van der Waals surface area (Å²) in [6.07, 6.45) is 5.79. The molecule has 1 aromatic heterocycles. The lowest BCUT2D eigenvalue weighted by Gasteiger charge is -2.29. The van der Waals surface area contributed by atoms with Crippen molar-refractivity contribution in [3.05, 3.63) is 41.7 Å². The molecule has 1 fully saturated rings. The van der Waals surface area contributed by atoms with Crippen molar-refractivity contribution in [3.8, 4) is 5.75 Å². The van der Waals surface area contributed by atoms with Crippen LogP contribution in [0.25, 0.3) is 0 Å². The number of carbonyl (C=O) groups is 2. The first kappa shape index (κ1) is 19.9. The molecule has 0 saturated heterocycles. The number of aryl methyl sites for hydroxylation is 1. The molecule has 1 heterocycles. The molecule has 150 valence electrons. The largest absolute Gasteiger partial charge is 0.497 e. The number of ether oxygens (including phenoxy) is 1. The van der Waals surface area contributed by atoms with Crippen molar-refractivity contribution in [2.45, 2.75) is 39.0 Å². The van der Waals surface area contributed by atoms with Gasteiger partial charge in [0, 0.05) is 18.2 Å². The lowest BCUT2D eigenvalue weighted by Crippen LogP contribution is -2.41. The number of amides is 2. The summed E-state index contributed by atoms with van der Waals surface area (Å²) < 4.78 is 10.1. The van der Waals surface area contributed by atoms with Gasteiger partial charge < -0.3 is 19.5 Å². The van der Waals surface area contributed by atoms with Crippen LogP contribution in [0, 0.1) is 12.8 Å². The lowest BCUT2D eigenvalue weighted by molar-refractivity contribution is -0.117. The molecule has 0 unspecified atom stereocenters. The Bertz CT molecular complexity index is 794.